The van der Waals surface area contributed by atoms with Gasteiger partial charge in [-0.3, -0.25) is 0 Å². The third kappa shape index (κ3) is 5.55. The molecule has 0 aliphatic rings. The maximum absolute atomic E-state index is 10.0. The van der Waals surface area contributed by atoms with Gasteiger partial charge in [0, 0.05) is 36.3 Å². The molecule has 0 fully saturated rings. The quantitative estimate of drug-likeness (QED) is 0.811. The third-order valence-corrected chi connectivity index (χ3v) is 3.12. The number of ether oxygens (including phenoxy) is 1. The summed E-state index contributed by atoms with van der Waals surface area (Å²) in [7, 11) is 1.68. The summed E-state index contributed by atoms with van der Waals surface area (Å²) in [4.78, 5) is 0. The van der Waals surface area contributed by atoms with Crippen LogP contribution in [0.25, 0.3) is 0 Å². The summed E-state index contributed by atoms with van der Waals surface area (Å²) in [5.74, 6) is 0. The van der Waals surface area contributed by atoms with Gasteiger partial charge in [0.25, 0.3) is 0 Å². The predicted molar refractivity (Wildman–Crippen MR) is 75.4 cm³/mol. The molecule has 0 radical (unpaired) electrons. The zero-order valence-corrected chi connectivity index (χ0v) is 12.1. The Morgan fingerprint density at radius 3 is 2.44 bits per heavy atom. The summed E-state index contributed by atoms with van der Waals surface area (Å²) in [6, 6.07) is 5.38. The van der Waals surface area contributed by atoms with Gasteiger partial charge in [0.2, 0.25) is 0 Å². The number of hydrogen-bond acceptors (Lipinski definition) is 3. The van der Waals surface area contributed by atoms with Gasteiger partial charge in [0.15, 0.2) is 0 Å². The summed E-state index contributed by atoms with van der Waals surface area (Å²) in [5, 5.41) is 14.3. The van der Waals surface area contributed by atoms with Crippen LogP contribution in [0.5, 0.6) is 0 Å². The van der Waals surface area contributed by atoms with Crippen LogP contribution in [0, 0.1) is 0 Å². The first kappa shape index (κ1) is 15.7. The van der Waals surface area contributed by atoms with Crippen LogP contribution in [0.1, 0.15) is 25.0 Å². The van der Waals surface area contributed by atoms with E-state index in [1.807, 2.05) is 0 Å². The van der Waals surface area contributed by atoms with E-state index in [0.29, 0.717) is 23.2 Å². The van der Waals surface area contributed by atoms with Gasteiger partial charge in [-0.25, -0.2) is 0 Å². The van der Waals surface area contributed by atoms with Crippen LogP contribution in [-0.2, 0) is 4.74 Å². The largest absolute Gasteiger partial charge is 0.387 e. The van der Waals surface area contributed by atoms with Crippen molar-refractivity contribution in [3.8, 4) is 0 Å². The third-order valence-electron chi connectivity index (χ3n) is 2.68. The molecule has 0 saturated carbocycles. The fourth-order valence-corrected chi connectivity index (χ4v) is 2.14. The van der Waals surface area contributed by atoms with Crippen LogP contribution in [0.2, 0.25) is 10.0 Å². The molecule has 2 atom stereocenters. The minimum absolute atomic E-state index is 0.286. The van der Waals surface area contributed by atoms with E-state index < -0.39 is 6.10 Å². The lowest BCUT2D eigenvalue weighted by atomic mass is 10.1. The molecule has 0 aliphatic heterocycles. The van der Waals surface area contributed by atoms with E-state index in [1.165, 1.54) is 0 Å². The number of hydrogen-bond donors (Lipinski definition) is 2. The lowest BCUT2D eigenvalue weighted by molar-refractivity contribution is 0.158. The standard InChI is InChI=1S/C13H19Cl2NO2/c1-9(3-4-18-2)16-8-13(17)10-5-11(14)7-12(15)6-10/h5-7,9,13,16-17H,3-4,8H2,1-2H3. The lowest BCUT2D eigenvalue weighted by Gasteiger charge is -2.17. The fraction of sp³-hybridized carbons (Fsp3) is 0.538. The molecule has 2 N–H and O–H groups in total. The molecule has 0 heterocycles. The van der Waals surface area contributed by atoms with Crippen molar-refractivity contribution in [3.63, 3.8) is 0 Å². The van der Waals surface area contributed by atoms with Crippen molar-refractivity contribution >= 4 is 23.2 Å². The van der Waals surface area contributed by atoms with Crippen molar-refractivity contribution in [1.29, 1.82) is 0 Å². The van der Waals surface area contributed by atoms with Crippen LogP contribution in [0.4, 0.5) is 0 Å². The number of benzene rings is 1. The Labute approximate surface area is 118 Å². The second-order valence-electron chi connectivity index (χ2n) is 4.31. The maximum atomic E-state index is 10.0. The number of aliphatic hydroxyl groups excluding tert-OH is 1. The Kier molecular flexibility index (Phi) is 6.97. The molecule has 2 unspecified atom stereocenters. The zero-order valence-electron chi connectivity index (χ0n) is 10.6. The summed E-state index contributed by atoms with van der Waals surface area (Å²) < 4.78 is 5.00. The number of aliphatic hydroxyl groups is 1. The van der Waals surface area contributed by atoms with Gasteiger partial charge in [-0.05, 0) is 37.1 Å². The van der Waals surface area contributed by atoms with Crippen LogP contribution in [0.15, 0.2) is 18.2 Å². The van der Waals surface area contributed by atoms with Crippen LogP contribution >= 0.6 is 23.2 Å². The van der Waals surface area contributed by atoms with Gasteiger partial charge in [-0.2, -0.15) is 0 Å². The van der Waals surface area contributed by atoms with Crippen molar-refractivity contribution in [2.75, 3.05) is 20.3 Å². The van der Waals surface area contributed by atoms with Gasteiger partial charge < -0.3 is 15.2 Å². The van der Waals surface area contributed by atoms with E-state index in [4.69, 9.17) is 27.9 Å². The molecule has 1 aromatic carbocycles. The molecule has 3 nitrogen and oxygen atoms in total. The lowest BCUT2D eigenvalue weighted by Crippen LogP contribution is -2.31. The molecule has 1 rings (SSSR count). The first-order chi connectivity index (χ1) is 8.52. The average Bonchev–Trinajstić information content (AvgIpc) is 2.32. The summed E-state index contributed by atoms with van der Waals surface area (Å²) in [6.45, 7) is 3.21. The Morgan fingerprint density at radius 1 is 1.28 bits per heavy atom. The second kappa shape index (κ2) is 7.97. The number of nitrogens with one attached hydrogen (secondary N) is 1. The van der Waals surface area contributed by atoms with Crippen LogP contribution in [-0.4, -0.2) is 31.4 Å². The number of rotatable bonds is 7. The van der Waals surface area contributed by atoms with Gasteiger partial charge in [0.1, 0.15) is 0 Å². The Balaban J connectivity index is 2.47. The van der Waals surface area contributed by atoms with E-state index in [1.54, 1.807) is 25.3 Å². The Morgan fingerprint density at radius 2 is 1.89 bits per heavy atom. The molecule has 0 spiro atoms. The number of halogens is 2. The molecule has 18 heavy (non-hydrogen) atoms. The summed E-state index contributed by atoms with van der Waals surface area (Å²) in [6.07, 6.45) is 0.283. The first-order valence-electron chi connectivity index (χ1n) is 5.89. The molecule has 0 amide bonds. The molecule has 0 bridgehead atoms. The highest BCUT2D eigenvalue weighted by atomic mass is 35.5. The van der Waals surface area contributed by atoms with Crippen LogP contribution < -0.4 is 5.32 Å². The van der Waals surface area contributed by atoms with Crippen molar-refractivity contribution in [2.45, 2.75) is 25.5 Å². The molecule has 0 aromatic heterocycles. The highest BCUT2D eigenvalue weighted by molar-refractivity contribution is 6.34. The van der Waals surface area contributed by atoms with Crippen molar-refractivity contribution < 1.29 is 9.84 Å². The molecule has 102 valence electrons. The van der Waals surface area contributed by atoms with Crippen molar-refractivity contribution in [3.05, 3.63) is 33.8 Å². The second-order valence-corrected chi connectivity index (χ2v) is 5.18. The summed E-state index contributed by atoms with van der Waals surface area (Å²) >= 11 is 11.8. The van der Waals surface area contributed by atoms with Gasteiger partial charge >= 0.3 is 0 Å². The highest BCUT2D eigenvalue weighted by Gasteiger charge is 2.11. The number of methoxy groups -OCH3 is 1. The van der Waals surface area contributed by atoms with Gasteiger partial charge in [-0.15, -0.1) is 0 Å². The van der Waals surface area contributed by atoms with E-state index in [9.17, 15) is 5.11 Å². The SMILES string of the molecule is COCCC(C)NCC(O)c1cc(Cl)cc(Cl)c1. The van der Waals surface area contributed by atoms with E-state index in [-0.39, 0.29) is 6.04 Å². The fourth-order valence-electron chi connectivity index (χ4n) is 1.59. The normalized spacial score (nSPS) is 14.5. The van der Waals surface area contributed by atoms with E-state index in [2.05, 4.69) is 12.2 Å². The van der Waals surface area contributed by atoms with E-state index in [0.717, 1.165) is 12.0 Å². The maximum Gasteiger partial charge on any atom is 0.0915 e. The first-order valence-corrected chi connectivity index (χ1v) is 6.65. The monoisotopic (exact) mass is 291 g/mol. The van der Waals surface area contributed by atoms with Crippen molar-refractivity contribution in [2.24, 2.45) is 0 Å². The molecular weight excluding hydrogens is 273 g/mol. The van der Waals surface area contributed by atoms with Crippen LogP contribution in [0.3, 0.4) is 0 Å². The minimum Gasteiger partial charge on any atom is -0.387 e. The smallest absolute Gasteiger partial charge is 0.0915 e. The molecule has 0 saturated heterocycles. The predicted octanol–water partition coefficient (Wildman–Crippen LogP) is 3.04. The molecular formula is C13H19Cl2NO2. The Hall–Kier alpha value is -0.320. The molecule has 1 aromatic rings. The highest BCUT2D eigenvalue weighted by Crippen LogP contribution is 2.23. The van der Waals surface area contributed by atoms with E-state index >= 15 is 0 Å². The average molecular weight is 292 g/mol. The molecule has 5 heteroatoms. The summed E-state index contributed by atoms with van der Waals surface area (Å²) in [5.41, 5.74) is 0.721. The Bertz CT molecular complexity index is 354. The minimum atomic E-state index is -0.619. The molecule has 0 aliphatic carbocycles. The van der Waals surface area contributed by atoms with Gasteiger partial charge in [-0.1, -0.05) is 23.2 Å². The van der Waals surface area contributed by atoms with Gasteiger partial charge in [0.05, 0.1) is 6.10 Å². The zero-order chi connectivity index (χ0) is 13.5. The topological polar surface area (TPSA) is 41.5 Å². The van der Waals surface area contributed by atoms with Crippen molar-refractivity contribution in [1.82, 2.24) is 5.32 Å².